The van der Waals surface area contributed by atoms with Crippen molar-refractivity contribution in [3.63, 3.8) is 0 Å². The first-order valence-corrected chi connectivity index (χ1v) is 7.00. The Kier molecular flexibility index (Phi) is 4.71. The Bertz CT molecular complexity index is 494. The van der Waals surface area contributed by atoms with Gasteiger partial charge in [-0.05, 0) is 44.2 Å². The van der Waals surface area contributed by atoms with Gasteiger partial charge in [-0.15, -0.1) is 0 Å². The highest BCUT2D eigenvalue weighted by atomic mass is 16.4. The molecule has 0 unspecified atom stereocenters. The summed E-state index contributed by atoms with van der Waals surface area (Å²) in [6.07, 6.45) is 4.39. The van der Waals surface area contributed by atoms with E-state index < -0.39 is 5.97 Å². The highest BCUT2D eigenvalue weighted by Crippen LogP contribution is 2.23. The third-order valence-electron chi connectivity index (χ3n) is 3.91. The van der Waals surface area contributed by atoms with E-state index in [0.29, 0.717) is 31.0 Å². The van der Waals surface area contributed by atoms with Gasteiger partial charge >= 0.3 is 5.97 Å². The molecule has 0 aliphatic carbocycles. The molecule has 1 saturated heterocycles. The molecule has 1 amide bonds. The van der Waals surface area contributed by atoms with Crippen LogP contribution < -0.4 is 0 Å². The van der Waals surface area contributed by atoms with E-state index in [2.05, 4.69) is 4.98 Å². The predicted molar refractivity (Wildman–Crippen MR) is 74.5 cm³/mol. The summed E-state index contributed by atoms with van der Waals surface area (Å²) in [7, 11) is 0. The quantitative estimate of drug-likeness (QED) is 0.914. The molecule has 0 saturated carbocycles. The number of carbonyl (C=O) groups is 2. The largest absolute Gasteiger partial charge is 0.481 e. The standard InChI is InChI=1S/C15H20N2O3/c1-11-13(3-2-8-16-11)15(20)17-9-6-12(7-10-17)4-5-14(18)19/h2-3,8,12H,4-7,9-10H2,1H3,(H,18,19). The molecule has 1 N–H and O–H groups in total. The third kappa shape index (κ3) is 3.56. The van der Waals surface area contributed by atoms with Crippen molar-refractivity contribution >= 4 is 11.9 Å². The van der Waals surface area contributed by atoms with Gasteiger partial charge in [-0.3, -0.25) is 14.6 Å². The summed E-state index contributed by atoms with van der Waals surface area (Å²) in [5.41, 5.74) is 1.42. The van der Waals surface area contributed by atoms with E-state index in [0.717, 1.165) is 18.5 Å². The molecule has 1 aromatic rings. The minimum absolute atomic E-state index is 0.0345. The van der Waals surface area contributed by atoms with Gasteiger partial charge in [-0.25, -0.2) is 0 Å². The van der Waals surface area contributed by atoms with Gasteiger partial charge in [0, 0.05) is 31.4 Å². The number of carboxylic acid groups (broad SMARTS) is 1. The Morgan fingerprint density at radius 2 is 2.10 bits per heavy atom. The lowest BCUT2D eigenvalue weighted by molar-refractivity contribution is -0.137. The van der Waals surface area contributed by atoms with Crippen LogP contribution in [0, 0.1) is 12.8 Å². The molecule has 5 heteroatoms. The van der Waals surface area contributed by atoms with E-state index in [4.69, 9.17) is 5.11 Å². The van der Waals surface area contributed by atoms with E-state index in [9.17, 15) is 9.59 Å². The summed E-state index contributed by atoms with van der Waals surface area (Å²) in [6.45, 7) is 3.25. The average Bonchev–Trinajstić information content (AvgIpc) is 2.45. The highest BCUT2D eigenvalue weighted by molar-refractivity contribution is 5.95. The van der Waals surface area contributed by atoms with Crippen LogP contribution in [0.2, 0.25) is 0 Å². The van der Waals surface area contributed by atoms with E-state index >= 15 is 0 Å². The Hall–Kier alpha value is -1.91. The second kappa shape index (κ2) is 6.50. The van der Waals surface area contributed by atoms with Gasteiger partial charge in [-0.1, -0.05) is 0 Å². The van der Waals surface area contributed by atoms with Crippen molar-refractivity contribution in [3.8, 4) is 0 Å². The lowest BCUT2D eigenvalue weighted by Crippen LogP contribution is -2.38. The average molecular weight is 276 g/mol. The number of aliphatic carboxylic acids is 1. The van der Waals surface area contributed by atoms with Crippen LogP contribution in [0.3, 0.4) is 0 Å². The zero-order valence-electron chi connectivity index (χ0n) is 11.7. The van der Waals surface area contributed by atoms with Crippen molar-refractivity contribution in [2.75, 3.05) is 13.1 Å². The normalized spacial score (nSPS) is 16.1. The van der Waals surface area contributed by atoms with Crippen LogP contribution in [-0.2, 0) is 4.79 Å². The van der Waals surface area contributed by atoms with E-state index in [1.54, 1.807) is 18.3 Å². The lowest BCUT2D eigenvalue weighted by atomic mass is 9.92. The fourth-order valence-corrected chi connectivity index (χ4v) is 2.63. The van der Waals surface area contributed by atoms with Gasteiger partial charge in [-0.2, -0.15) is 0 Å². The Balaban J connectivity index is 1.89. The Morgan fingerprint density at radius 3 is 2.70 bits per heavy atom. The van der Waals surface area contributed by atoms with Crippen molar-refractivity contribution in [2.45, 2.75) is 32.6 Å². The number of carboxylic acids is 1. The number of likely N-dealkylation sites (tertiary alicyclic amines) is 1. The molecule has 108 valence electrons. The fraction of sp³-hybridized carbons (Fsp3) is 0.533. The van der Waals surface area contributed by atoms with Gasteiger partial charge in [0.05, 0.1) is 5.56 Å². The topological polar surface area (TPSA) is 70.5 Å². The maximum absolute atomic E-state index is 12.4. The number of aromatic nitrogens is 1. The highest BCUT2D eigenvalue weighted by Gasteiger charge is 2.24. The molecule has 0 atom stereocenters. The number of pyridine rings is 1. The van der Waals surface area contributed by atoms with Crippen molar-refractivity contribution in [2.24, 2.45) is 5.92 Å². The van der Waals surface area contributed by atoms with Crippen LogP contribution in [0.5, 0.6) is 0 Å². The molecule has 0 bridgehead atoms. The summed E-state index contributed by atoms with van der Waals surface area (Å²) in [5, 5.41) is 8.69. The maximum atomic E-state index is 12.4. The maximum Gasteiger partial charge on any atom is 0.303 e. The third-order valence-corrected chi connectivity index (χ3v) is 3.91. The molecule has 0 radical (unpaired) electrons. The van der Waals surface area contributed by atoms with Crippen molar-refractivity contribution in [3.05, 3.63) is 29.6 Å². The van der Waals surface area contributed by atoms with Crippen LogP contribution in [0.15, 0.2) is 18.3 Å². The van der Waals surface area contributed by atoms with Crippen LogP contribution in [0.1, 0.15) is 41.7 Å². The summed E-state index contributed by atoms with van der Waals surface area (Å²) < 4.78 is 0. The molecular formula is C15H20N2O3. The SMILES string of the molecule is Cc1ncccc1C(=O)N1CCC(CCC(=O)O)CC1. The molecule has 5 nitrogen and oxygen atoms in total. The molecule has 2 rings (SSSR count). The molecule has 1 aliphatic heterocycles. The van der Waals surface area contributed by atoms with Gasteiger partial charge < -0.3 is 10.0 Å². The number of rotatable bonds is 4. The van der Waals surface area contributed by atoms with Crippen LogP contribution in [0.25, 0.3) is 0 Å². The molecule has 1 fully saturated rings. The summed E-state index contributed by atoms with van der Waals surface area (Å²) in [6, 6.07) is 3.58. The molecular weight excluding hydrogens is 256 g/mol. The van der Waals surface area contributed by atoms with Gasteiger partial charge in [0.15, 0.2) is 0 Å². The van der Waals surface area contributed by atoms with E-state index in [-0.39, 0.29) is 12.3 Å². The zero-order valence-corrected chi connectivity index (χ0v) is 11.7. The molecule has 20 heavy (non-hydrogen) atoms. The number of carbonyl (C=O) groups excluding carboxylic acids is 1. The second-order valence-corrected chi connectivity index (χ2v) is 5.30. The smallest absolute Gasteiger partial charge is 0.303 e. The number of aryl methyl sites for hydroxylation is 1. The number of amides is 1. The van der Waals surface area contributed by atoms with Crippen molar-refractivity contribution in [1.82, 2.24) is 9.88 Å². The van der Waals surface area contributed by atoms with Crippen LogP contribution in [0.4, 0.5) is 0 Å². The van der Waals surface area contributed by atoms with Gasteiger partial charge in [0.1, 0.15) is 0 Å². The van der Waals surface area contributed by atoms with Crippen LogP contribution in [-0.4, -0.2) is 40.0 Å². The lowest BCUT2D eigenvalue weighted by Gasteiger charge is -2.32. The van der Waals surface area contributed by atoms with Gasteiger partial charge in [0.2, 0.25) is 0 Å². The fourth-order valence-electron chi connectivity index (χ4n) is 2.63. The summed E-state index contributed by atoms with van der Waals surface area (Å²) in [5.74, 6) is -0.285. The van der Waals surface area contributed by atoms with E-state index in [1.807, 2.05) is 11.8 Å². The Morgan fingerprint density at radius 1 is 1.40 bits per heavy atom. The first-order chi connectivity index (χ1) is 9.58. The molecule has 0 spiro atoms. The number of hydrogen-bond donors (Lipinski definition) is 1. The van der Waals surface area contributed by atoms with Crippen molar-refractivity contribution in [1.29, 1.82) is 0 Å². The molecule has 1 aromatic heterocycles. The van der Waals surface area contributed by atoms with E-state index in [1.165, 1.54) is 0 Å². The Labute approximate surface area is 118 Å². The van der Waals surface area contributed by atoms with Crippen LogP contribution >= 0.6 is 0 Å². The first-order valence-electron chi connectivity index (χ1n) is 7.00. The molecule has 0 aromatic carbocycles. The summed E-state index contributed by atoms with van der Waals surface area (Å²) >= 11 is 0. The molecule has 2 heterocycles. The zero-order chi connectivity index (χ0) is 14.5. The van der Waals surface area contributed by atoms with Crippen molar-refractivity contribution < 1.29 is 14.7 Å². The number of hydrogen-bond acceptors (Lipinski definition) is 3. The first kappa shape index (κ1) is 14.5. The number of piperidine rings is 1. The second-order valence-electron chi connectivity index (χ2n) is 5.30. The predicted octanol–water partition coefficient (Wildman–Crippen LogP) is 2.11. The number of nitrogens with zero attached hydrogens (tertiary/aromatic N) is 2. The monoisotopic (exact) mass is 276 g/mol. The summed E-state index contributed by atoms with van der Waals surface area (Å²) in [4.78, 5) is 28.9. The minimum atomic E-state index is -0.741. The van der Waals surface area contributed by atoms with Gasteiger partial charge in [0.25, 0.3) is 5.91 Å². The minimum Gasteiger partial charge on any atom is -0.481 e. The molecule has 1 aliphatic rings.